The van der Waals surface area contributed by atoms with Gasteiger partial charge in [-0.1, -0.05) is 20.4 Å². The van der Waals surface area contributed by atoms with Crippen molar-refractivity contribution in [1.82, 2.24) is 29.0 Å². The van der Waals surface area contributed by atoms with Crippen LogP contribution in [0, 0.1) is 5.41 Å². The second-order valence-corrected chi connectivity index (χ2v) is 20.2. The molecule has 2 saturated heterocycles. The Morgan fingerprint density at radius 1 is 0.971 bits per heavy atom. The minimum Gasteiger partial charge on any atom is -0.392 e. The fraction of sp³-hybridized carbons (Fsp3) is 0.451. The van der Waals surface area contributed by atoms with Crippen molar-refractivity contribution < 1.29 is 27.9 Å². The number of anilines is 6. The van der Waals surface area contributed by atoms with Gasteiger partial charge in [0.2, 0.25) is 5.91 Å². The van der Waals surface area contributed by atoms with Crippen molar-refractivity contribution in [3.05, 3.63) is 112 Å². The summed E-state index contributed by atoms with van der Waals surface area (Å²) in [5.41, 5.74) is 4.59. The number of pyridine rings is 2. The number of aryl methyl sites for hydroxylation is 1. The lowest BCUT2D eigenvalue weighted by atomic mass is 9.87. The Hall–Kier alpha value is -6.53. The number of carbonyl (C=O) groups excluding carboxylic acids is 2. The molecule has 1 atom stereocenters. The van der Waals surface area contributed by atoms with Gasteiger partial charge >= 0.3 is 6.18 Å². The van der Waals surface area contributed by atoms with E-state index >= 15 is 0 Å². The lowest BCUT2D eigenvalue weighted by molar-refractivity contribution is -0.181. The molecule has 9 rings (SSSR count). The molecule has 2 amide bonds. The largest absolute Gasteiger partial charge is 0.399 e. The molecule has 5 aromatic rings. The number of carbonyl (C=O) groups is 2. The number of aliphatic hydroxyl groups excluding tert-OH is 1. The van der Waals surface area contributed by atoms with E-state index < -0.39 is 29.7 Å². The molecule has 0 radical (unpaired) electrons. The summed E-state index contributed by atoms with van der Waals surface area (Å²) in [6, 6.07) is 12.9. The molecule has 2 fully saturated rings. The number of piperidine rings is 1. The molecule has 1 aliphatic carbocycles. The van der Waals surface area contributed by atoms with Crippen molar-refractivity contribution in [2.24, 2.45) is 12.5 Å². The molecule has 69 heavy (non-hydrogen) atoms. The van der Waals surface area contributed by atoms with E-state index in [-0.39, 0.29) is 28.9 Å². The van der Waals surface area contributed by atoms with Crippen molar-refractivity contribution in [2.45, 2.75) is 97.1 Å². The number of rotatable bonds is 11. The highest BCUT2D eigenvalue weighted by molar-refractivity contribution is 6.06. The number of aromatic nitrogens is 5. The Morgan fingerprint density at radius 3 is 2.43 bits per heavy atom. The molecule has 18 heteroatoms. The first-order chi connectivity index (χ1) is 32.8. The molecular formula is C51H60F3N11O4. The standard InChI is InChI=1S/C51H60F3N11O4/c1-8-44(67)58-38-24-33(9-10-40(38)63-20-19-62(28-31(63)2)34-13-17-61(18-14-34)35-11-15-55-43(25-35)50(5,6)51(52,53)54)57-45-48(69)60(7)29-39(59-45)36-12-16-56-46(37(36)30-66)65-22-21-64-41(47(65)68)23-32-26-49(3,4)27-42(32)64/h8-12,15-16,23-25,29,31,34,66H,1,13-14,17-22,26-28,30H2,2-7H3,(H,57,59)(H,58,67)/t31-/m0/s1. The molecule has 7 heterocycles. The number of hydrogen-bond acceptors (Lipinski definition) is 11. The summed E-state index contributed by atoms with van der Waals surface area (Å²) < 4.78 is 45.0. The molecule has 3 aliphatic heterocycles. The summed E-state index contributed by atoms with van der Waals surface area (Å²) in [6.45, 7) is 16.8. The lowest BCUT2D eigenvalue weighted by Crippen LogP contribution is -2.57. The van der Waals surface area contributed by atoms with E-state index in [2.05, 4.69) is 67.2 Å². The van der Waals surface area contributed by atoms with Crippen LogP contribution in [0.2, 0.25) is 0 Å². The van der Waals surface area contributed by atoms with Crippen molar-refractivity contribution in [1.29, 1.82) is 0 Å². The number of amides is 2. The molecule has 364 valence electrons. The Kier molecular flexibility index (Phi) is 12.5. The van der Waals surface area contributed by atoms with E-state index in [9.17, 15) is 32.7 Å². The van der Waals surface area contributed by atoms with E-state index in [0.717, 1.165) is 64.0 Å². The van der Waals surface area contributed by atoms with Crippen LogP contribution >= 0.6 is 0 Å². The second-order valence-electron chi connectivity index (χ2n) is 20.2. The summed E-state index contributed by atoms with van der Waals surface area (Å²) in [6.07, 6.45) is 4.95. The van der Waals surface area contributed by atoms with Gasteiger partial charge in [0.05, 0.1) is 29.4 Å². The third-order valence-corrected chi connectivity index (χ3v) is 14.5. The first-order valence-corrected chi connectivity index (χ1v) is 23.6. The molecule has 0 spiro atoms. The van der Waals surface area contributed by atoms with Crippen LogP contribution < -0.4 is 30.9 Å². The van der Waals surface area contributed by atoms with Gasteiger partial charge in [-0.25, -0.2) is 9.97 Å². The Labute approximate surface area is 399 Å². The minimum absolute atomic E-state index is 0.00564. The van der Waals surface area contributed by atoms with E-state index in [1.54, 1.807) is 48.6 Å². The summed E-state index contributed by atoms with van der Waals surface area (Å²) in [5.74, 6) is -0.230. The topological polar surface area (TPSA) is 157 Å². The lowest BCUT2D eigenvalue weighted by Gasteiger charge is -2.47. The van der Waals surface area contributed by atoms with Crippen molar-refractivity contribution in [3.63, 3.8) is 0 Å². The Morgan fingerprint density at radius 2 is 1.72 bits per heavy atom. The molecule has 15 nitrogen and oxygen atoms in total. The van der Waals surface area contributed by atoms with Gasteiger partial charge in [-0.2, -0.15) is 13.2 Å². The van der Waals surface area contributed by atoms with E-state index in [1.807, 2.05) is 18.2 Å². The van der Waals surface area contributed by atoms with E-state index in [0.29, 0.717) is 78.5 Å². The Bertz CT molecular complexity index is 2880. The zero-order valence-electron chi connectivity index (χ0n) is 40.0. The molecule has 4 aromatic heterocycles. The highest BCUT2D eigenvalue weighted by atomic mass is 19.4. The van der Waals surface area contributed by atoms with E-state index in [4.69, 9.17) is 4.98 Å². The highest BCUT2D eigenvalue weighted by Gasteiger charge is 2.50. The molecule has 4 aliphatic rings. The van der Waals surface area contributed by atoms with Crippen LogP contribution in [0.15, 0.2) is 78.5 Å². The van der Waals surface area contributed by atoms with Crippen LogP contribution in [-0.4, -0.2) is 103 Å². The quantitative estimate of drug-likeness (QED) is 0.115. The average Bonchev–Trinajstić information content (AvgIpc) is 3.82. The van der Waals surface area contributed by atoms with Gasteiger partial charge in [-0.05, 0) is 106 Å². The number of benzene rings is 1. The fourth-order valence-electron chi connectivity index (χ4n) is 10.6. The van der Waals surface area contributed by atoms with Crippen molar-refractivity contribution in [2.75, 3.05) is 64.6 Å². The number of piperazine rings is 1. The number of nitrogens with one attached hydrogen (secondary N) is 2. The van der Waals surface area contributed by atoms with Crippen LogP contribution in [-0.2, 0) is 43.3 Å². The molecule has 0 unspecified atom stereocenters. The van der Waals surface area contributed by atoms with Gasteiger partial charge in [0.15, 0.2) is 5.82 Å². The predicted molar refractivity (Wildman–Crippen MR) is 261 cm³/mol. The molecule has 0 bridgehead atoms. The van der Waals surface area contributed by atoms with Crippen LogP contribution in [0.4, 0.5) is 47.6 Å². The fourth-order valence-corrected chi connectivity index (χ4v) is 10.6. The minimum atomic E-state index is -4.42. The smallest absolute Gasteiger partial charge is 0.392 e. The zero-order chi connectivity index (χ0) is 49.2. The first kappa shape index (κ1) is 47.5. The van der Waals surface area contributed by atoms with Gasteiger partial charge in [0.1, 0.15) is 16.9 Å². The van der Waals surface area contributed by atoms with Crippen LogP contribution in [0.5, 0.6) is 0 Å². The molecular weight excluding hydrogens is 888 g/mol. The second kappa shape index (κ2) is 18.1. The number of alkyl halides is 3. The van der Waals surface area contributed by atoms with Gasteiger partial charge in [-0.15, -0.1) is 0 Å². The summed E-state index contributed by atoms with van der Waals surface area (Å²) >= 11 is 0. The number of fused-ring (bicyclic) bond motifs is 3. The van der Waals surface area contributed by atoms with Crippen LogP contribution in [0.25, 0.3) is 11.3 Å². The summed E-state index contributed by atoms with van der Waals surface area (Å²) in [5, 5.41) is 17.0. The van der Waals surface area contributed by atoms with E-state index in [1.165, 1.54) is 28.1 Å². The van der Waals surface area contributed by atoms with Crippen molar-refractivity contribution in [3.8, 4) is 11.3 Å². The third kappa shape index (κ3) is 8.99. The number of hydrogen-bond donors (Lipinski definition) is 3. The maximum Gasteiger partial charge on any atom is 0.399 e. The van der Waals surface area contributed by atoms with Gasteiger partial charge in [0, 0.05) is 112 Å². The Balaban J connectivity index is 0.906. The maximum atomic E-state index is 14.0. The maximum absolute atomic E-state index is 14.0. The molecule has 0 saturated carbocycles. The molecule has 3 N–H and O–H groups in total. The number of aliphatic hydroxyl groups is 1. The SMILES string of the molecule is C=CC(=O)Nc1cc(Nc2nc(-c3ccnc(N4CCn5c(cc6c5CC(C)(C)C6)C4=O)c3CO)cn(C)c2=O)ccc1N1CCN(C2CCN(c3ccnc(C(C)(C)C(F)(F)F)c3)CC2)C[C@@H]1C. The molecule has 1 aromatic carbocycles. The van der Waals surface area contributed by atoms with Gasteiger partial charge in [0.25, 0.3) is 11.5 Å². The monoisotopic (exact) mass is 947 g/mol. The third-order valence-electron chi connectivity index (χ3n) is 14.5. The first-order valence-electron chi connectivity index (χ1n) is 23.6. The number of halogens is 3. The highest BCUT2D eigenvalue weighted by Crippen LogP contribution is 2.42. The van der Waals surface area contributed by atoms with Gasteiger partial charge in [-0.3, -0.25) is 29.2 Å². The van der Waals surface area contributed by atoms with Crippen molar-refractivity contribution >= 4 is 46.2 Å². The van der Waals surface area contributed by atoms with Crippen LogP contribution in [0.3, 0.4) is 0 Å². The van der Waals surface area contributed by atoms with Gasteiger partial charge < -0.3 is 34.7 Å². The average molecular weight is 948 g/mol. The zero-order valence-corrected chi connectivity index (χ0v) is 40.0. The normalized spacial score (nSPS) is 18.8. The van der Waals surface area contributed by atoms with Crippen LogP contribution in [0.1, 0.15) is 80.5 Å². The summed E-state index contributed by atoms with van der Waals surface area (Å²) in [7, 11) is 1.62. The predicted octanol–water partition coefficient (Wildman–Crippen LogP) is 7.20. The summed E-state index contributed by atoms with van der Waals surface area (Å²) in [4.78, 5) is 62.5. The number of nitrogens with zero attached hydrogens (tertiary/aromatic N) is 9.